The number of hydrogen-bond donors (Lipinski definition) is 2. The first-order chi connectivity index (χ1) is 15.8. The first kappa shape index (κ1) is 20.9. The van der Waals surface area contributed by atoms with E-state index in [2.05, 4.69) is 59.9 Å². The number of nitrogens with two attached hydrogens (primary N) is 1. The van der Waals surface area contributed by atoms with E-state index in [0.29, 0.717) is 30.3 Å². The second-order valence-electron chi connectivity index (χ2n) is 10.2. The van der Waals surface area contributed by atoms with Crippen LogP contribution in [-0.4, -0.2) is 49.5 Å². The van der Waals surface area contributed by atoms with Gasteiger partial charge in [-0.05, 0) is 67.2 Å². The molecular formula is C25H30N6OS. The molecule has 1 amide bonds. The second kappa shape index (κ2) is 7.40. The Morgan fingerprint density at radius 3 is 2.85 bits per heavy atom. The number of thiophene rings is 1. The number of amides is 1. The lowest BCUT2D eigenvalue weighted by atomic mass is 9.89. The van der Waals surface area contributed by atoms with Crippen molar-refractivity contribution in [3.05, 3.63) is 40.2 Å². The molecule has 4 aromatic rings. The van der Waals surface area contributed by atoms with Crippen molar-refractivity contribution in [2.75, 3.05) is 13.1 Å². The Kier molecular flexibility index (Phi) is 4.68. The highest BCUT2D eigenvalue weighted by molar-refractivity contribution is 7.19. The van der Waals surface area contributed by atoms with Crippen molar-refractivity contribution >= 4 is 33.1 Å². The van der Waals surface area contributed by atoms with E-state index in [0.717, 1.165) is 29.7 Å². The van der Waals surface area contributed by atoms with Crippen molar-refractivity contribution in [1.29, 1.82) is 0 Å². The van der Waals surface area contributed by atoms with Gasteiger partial charge in [0.1, 0.15) is 11.2 Å². The first-order valence-corrected chi connectivity index (χ1v) is 12.6. The summed E-state index contributed by atoms with van der Waals surface area (Å²) in [4.78, 5) is 24.7. The molecule has 172 valence electrons. The number of rotatable bonds is 5. The molecule has 8 heteroatoms. The van der Waals surface area contributed by atoms with Crippen LogP contribution >= 0.6 is 11.3 Å². The SMILES string of the molecule is Cc1c(C2CC3CC2CN3CC(N)=O)sc2[nH]c(-c3cc(C)c4ncnn4c3)c(C(C)C)c12. The average molecular weight is 463 g/mol. The Bertz CT molecular complexity index is 1400. The molecule has 3 unspecified atom stereocenters. The molecule has 1 aliphatic carbocycles. The van der Waals surface area contributed by atoms with Gasteiger partial charge in [-0.15, -0.1) is 11.3 Å². The lowest BCUT2D eigenvalue weighted by molar-refractivity contribution is -0.119. The summed E-state index contributed by atoms with van der Waals surface area (Å²) in [6.45, 7) is 10.3. The summed E-state index contributed by atoms with van der Waals surface area (Å²) in [5.74, 6) is 1.39. The minimum Gasteiger partial charge on any atom is -0.369 e. The molecule has 2 fully saturated rings. The number of primary amides is 1. The molecule has 33 heavy (non-hydrogen) atoms. The van der Waals surface area contributed by atoms with Crippen LogP contribution in [-0.2, 0) is 4.79 Å². The smallest absolute Gasteiger partial charge is 0.231 e. The molecule has 3 N–H and O–H groups in total. The number of hydrogen-bond acceptors (Lipinski definition) is 5. The summed E-state index contributed by atoms with van der Waals surface area (Å²) < 4.78 is 1.87. The van der Waals surface area contributed by atoms with Gasteiger partial charge in [-0.1, -0.05) is 13.8 Å². The van der Waals surface area contributed by atoms with Gasteiger partial charge >= 0.3 is 0 Å². The Labute approximate surface area is 197 Å². The number of piperidine rings is 1. The Balaban J connectivity index is 1.41. The zero-order chi connectivity index (χ0) is 23.0. The maximum Gasteiger partial charge on any atom is 0.231 e. The molecule has 4 aromatic heterocycles. The van der Waals surface area contributed by atoms with Gasteiger partial charge in [0, 0.05) is 34.6 Å². The Morgan fingerprint density at radius 2 is 2.15 bits per heavy atom. The van der Waals surface area contributed by atoms with Crippen LogP contribution in [0.15, 0.2) is 18.6 Å². The van der Waals surface area contributed by atoms with Crippen LogP contribution in [0.3, 0.4) is 0 Å². The van der Waals surface area contributed by atoms with Crippen molar-refractivity contribution in [2.45, 2.75) is 58.4 Å². The number of aromatic amines is 1. The summed E-state index contributed by atoms with van der Waals surface area (Å²) in [5, 5.41) is 5.77. The standard InChI is InChI=1S/C25H30N6OS/c1-12(2)20-21-14(4)23(18-7-17-6-15(18)8-30(17)10-19(26)32)33-25(21)29-22(20)16-5-13(3)24-27-11-28-31(24)9-16/h5,9,11-12,15,17-18,29H,6-8,10H2,1-4H3,(H2,26,32). The third-order valence-electron chi connectivity index (χ3n) is 7.74. The molecule has 0 spiro atoms. The molecule has 2 bridgehead atoms. The average Bonchev–Trinajstić information content (AvgIpc) is 3.53. The normalized spacial score (nSPS) is 23.0. The predicted molar refractivity (Wildman–Crippen MR) is 132 cm³/mol. The van der Waals surface area contributed by atoms with Crippen LogP contribution in [0, 0.1) is 19.8 Å². The summed E-state index contributed by atoms with van der Waals surface area (Å²) in [7, 11) is 0. The summed E-state index contributed by atoms with van der Waals surface area (Å²) in [6.07, 6.45) is 6.01. The number of pyridine rings is 1. The van der Waals surface area contributed by atoms with Crippen molar-refractivity contribution < 1.29 is 4.79 Å². The minimum absolute atomic E-state index is 0.215. The molecule has 5 heterocycles. The van der Waals surface area contributed by atoms with E-state index in [1.54, 1.807) is 6.33 Å². The van der Waals surface area contributed by atoms with Gasteiger partial charge in [0.05, 0.1) is 12.2 Å². The number of H-pyrrole nitrogens is 1. The third-order valence-corrected chi connectivity index (χ3v) is 9.08. The van der Waals surface area contributed by atoms with Crippen LogP contribution in [0.1, 0.15) is 60.1 Å². The first-order valence-electron chi connectivity index (χ1n) is 11.8. The molecule has 2 aliphatic rings. The quantitative estimate of drug-likeness (QED) is 0.461. The van der Waals surface area contributed by atoms with Gasteiger partial charge in [0.15, 0.2) is 5.65 Å². The van der Waals surface area contributed by atoms with Crippen LogP contribution < -0.4 is 5.73 Å². The topological polar surface area (TPSA) is 92.3 Å². The van der Waals surface area contributed by atoms with Crippen LogP contribution in [0.2, 0.25) is 0 Å². The fourth-order valence-electron chi connectivity index (χ4n) is 6.40. The monoisotopic (exact) mass is 462 g/mol. The lowest BCUT2D eigenvalue weighted by Gasteiger charge is -2.30. The largest absolute Gasteiger partial charge is 0.369 e. The van der Waals surface area contributed by atoms with E-state index in [9.17, 15) is 4.79 Å². The van der Waals surface area contributed by atoms with E-state index in [1.807, 2.05) is 15.9 Å². The number of likely N-dealkylation sites (tertiary alicyclic amines) is 1. The number of fused-ring (bicyclic) bond motifs is 4. The molecule has 0 radical (unpaired) electrons. The second-order valence-corrected chi connectivity index (χ2v) is 11.2. The highest BCUT2D eigenvalue weighted by Crippen LogP contribution is 2.52. The van der Waals surface area contributed by atoms with Crippen molar-refractivity contribution in [2.24, 2.45) is 11.7 Å². The Morgan fingerprint density at radius 1 is 1.33 bits per heavy atom. The van der Waals surface area contributed by atoms with Gasteiger partial charge in [-0.2, -0.15) is 5.10 Å². The zero-order valence-corrected chi connectivity index (χ0v) is 20.4. The van der Waals surface area contributed by atoms with E-state index in [1.165, 1.54) is 38.3 Å². The van der Waals surface area contributed by atoms with Crippen molar-refractivity contribution in [3.8, 4) is 11.3 Å². The van der Waals surface area contributed by atoms with Crippen molar-refractivity contribution in [3.63, 3.8) is 0 Å². The van der Waals surface area contributed by atoms with Gasteiger partial charge in [-0.25, -0.2) is 9.50 Å². The molecule has 1 saturated heterocycles. The molecule has 0 aromatic carbocycles. The highest BCUT2D eigenvalue weighted by atomic mass is 32.1. The molecule has 1 aliphatic heterocycles. The minimum atomic E-state index is -0.215. The fraction of sp³-hybridized carbons (Fsp3) is 0.480. The third kappa shape index (κ3) is 3.14. The fourth-order valence-corrected chi connectivity index (χ4v) is 7.83. The molecule has 1 saturated carbocycles. The van der Waals surface area contributed by atoms with E-state index in [4.69, 9.17) is 5.73 Å². The van der Waals surface area contributed by atoms with E-state index >= 15 is 0 Å². The summed E-state index contributed by atoms with van der Waals surface area (Å²) in [5.41, 5.74) is 12.7. The molecule has 7 nitrogen and oxygen atoms in total. The summed E-state index contributed by atoms with van der Waals surface area (Å²) in [6, 6.07) is 2.70. The Hall–Kier alpha value is -2.71. The van der Waals surface area contributed by atoms with Crippen molar-refractivity contribution in [1.82, 2.24) is 24.5 Å². The molecule has 6 rings (SSSR count). The number of aryl methyl sites for hydroxylation is 2. The summed E-state index contributed by atoms with van der Waals surface area (Å²) >= 11 is 1.93. The van der Waals surface area contributed by atoms with Crippen LogP contribution in [0.4, 0.5) is 0 Å². The van der Waals surface area contributed by atoms with Gasteiger partial charge < -0.3 is 10.7 Å². The van der Waals surface area contributed by atoms with Gasteiger partial charge in [-0.3, -0.25) is 9.69 Å². The number of nitrogens with zero attached hydrogens (tertiary/aromatic N) is 4. The van der Waals surface area contributed by atoms with Crippen LogP contribution in [0.5, 0.6) is 0 Å². The highest BCUT2D eigenvalue weighted by Gasteiger charge is 2.46. The lowest BCUT2D eigenvalue weighted by Crippen LogP contribution is -2.40. The van der Waals surface area contributed by atoms with Gasteiger partial charge in [0.2, 0.25) is 5.91 Å². The maximum absolute atomic E-state index is 11.4. The number of nitrogens with one attached hydrogen (secondary N) is 1. The molecular weight excluding hydrogens is 432 g/mol. The van der Waals surface area contributed by atoms with E-state index in [-0.39, 0.29) is 5.91 Å². The number of aromatic nitrogens is 4. The maximum atomic E-state index is 11.4. The zero-order valence-electron chi connectivity index (χ0n) is 19.6. The van der Waals surface area contributed by atoms with Gasteiger partial charge in [0.25, 0.3) is 0 Å². The number of carbonyl (C=O) groups excluding carboxylic acids is 1. The molecule has 3 atom stereocenters. The predicted octanol–water partition coefficient (Wildman–Crippen LogP) is 4.34. The van der Waals surface area contributed by atoms with E-state index < -0.39 is 0 Å². The number of carbonyl (C=O) groups is 1. The van der Waals surface area contributed by atoms with Crippen LogP contribution in [0.25, 0.3) is 27.1 Å².